The lowest BCUT2D eigenvalue weighted by Gasteiger charge is -2.12. The Bertz CT molecular complexity index is 1830. The van der Waals surface area contributed by atoms with Crippen molar-refractivity contribution in [3.05, 3.63) is 105 Å². The third-order valence-electron chi connectivity index (χ3n) is 6.30. The van der Waals surface area contributed by atoms with Crippen LogP contribution in [0.2, 0.25) is 5.02 Å². The molecule has 0 aliphatic rings. The molecule has 6 rings (SSSR count). The summed E-state index contributed by atoms with van der Waals surface area (Å²) < 4.78 is 3.62. The van der Waals surface area contributed by atoms with Crippen LogP contribution >= 0.6 is 11.6 Å². The molecule has 7 heteroatoms. The second-order valence-corrected chi connectivity index (χ2v) is 9.31. The van der Waals surface area contributed by atoms with Crippen molar-refractivity contribution in [1.29, 1.82) is 0 Å². The Balaban J connectivity index is 1.74. The van der Waals surface area contributed by atoms with E-state index in [1.54, 1.807) is 4.57 Å². The first-order chi connectivity index (χ1) is 16.9. The number of benzene rings is 3. The standard InChI is InChI=1S/C28H22ClN5O/c1-16-12-17(2)14-20(13-16)34-26-24(25-27(34)32-23-11-7-6-10-22(23)31-25)28(35)33(18(3)30-26)15-19-8-4-5-9-21(19)29/h4-14H,15H2,1-3H3. The predicted octanol–water partition coefficient (Wildman–Crippen LogP) is 5.91. The molecule has 0 saturated heterocycles. The molecular formula is C28H22ClN5O. The van der Waals surface area contributed by atoms with Gasteiger partial charge < -0.3 is 0 Å². The summed E-state index contributed by atoms with van der Waals surface area (Å²) in [5.74, 6) is 0.598. The molecule has 172 valence electrons. The van der Waals surface area contributed by atoms with E-state index in [1.807, 2.05) is 60.0 Å². The summed E-state index contributed by atoms with van der Waals surface area (Å²) in [5, 5.41) is 1.07. The summed E-state index contributed by atoms with van der Waals surface area (Å²) in [6.07, 6.45) is 0. The van der Waals surface area contributed by atoms with Crippen molar-refractivity contribution >= 4 is 44.8 Å². The highest BCUT2D eigenvalue weighted by molar-refractivity contribution is 6.31. The topological polar surface area (TPSA) is 65.6 Å². The minimum absolute atomic E-state index is 0.162. The van der Waals surface area contributed by atoms with Gasteiger partial charge in [0.15, 0.2) is 11.3 Å². The number of aryl methyl sites for hydroxylation is 3. The Morgan fingerprint density at radius 2 is 1.46 bits per heavy atom. The van der Waals surface area contributed by atoms with Crippen LogP contribution in [0.15, 0.2) is 71.5 Å². The summed E-state index contributed by atoms with van der Waals surface area (Å²) in [6, 6.07) is 21.5. The summed E-state index contributed by atoms with van der Waals surface area (Å²) in [4.78, 5) is 28.8. The minimum Gasteiger partial charge on any atom is -0.292 e. The van der Waals surface area contributed by atoms with Crippen molar-refractivity contribution in [2.45, 2.75) is 27.3 Å². The highest BCUT2D eigenvalue weighted by Gasteiger charge is 2.22. The van der Waals surface area contributed by atoms with Gasteiger partial charge in [0, 0.05) is 10.7 Å². The second-order valence-electron chi connectivity index (χ2n) is 8.91. The Labute approximate surface area is 206 Å². The third-order valence-corrected chi connectivity index (χ3v) is 6.67. The summed E-state index contributed by atoms with van der Waals surface area (Å²) >= 11 is 6.41. The lowest BCUT2D eigenvalue weighted by molar-refractivity contribution is 0.711. The second kappa shape index (κ2) is 8.03. The van der Waals surface area contributed by atoms with Crippen molar-refractivity contribution in [1.82, 2.24) is 24.1 Å². The van der Waals surface area contributed by atoms with E-state index < -0.39 is 0 Å². The van der Waals surface area contributed by atoms with Crippen LogP contribution in [-0.2, 0) is 6.54 Å². The predicted molar refractivity (Wildman–Crippen MR) is 141 cm³/mol. The number of hydrogen-bond donors (Lipinski definition) is 0. The van der Waals surface area contributed by atoms with Gasteiger partial charge in [-0.15, -0.1) is 0 Å². The van der Waals surface area contributed by atoms with Crippen LogP contribution in [-0.4, -0.2) is 24.1 Å². The quantitative estimate of drug-likeness (QED) is 0.316. The van der Waals surface area contributed by atoms with Gasteiger partial charge in [0.05, 0.1) is 17.6 Å². The van der Waals surface area contributed by atoms with Crippen LogP contribution in [0.5, 0.6) is 0 Å². The fourth-order valence-corrected chi connectivity index (χ4v) is 4.93. The smallest absolute Gasteiger partial charge is 0.265 e. The highest BCUT2D eigenvalue weighted by Crippen LogP contribution is 2.29. The van der Waals surface area contributed by atoms with Crippen LogP contribution in [0.25, 0.3) is 38.9 Å². The Morgan fingerprint density at radius 3 is 2.17 bits per heavy atom. The number of hydrogen-bond acceptors (Lipinski definition) is 4. The molecule has 0 amide bonds. The molecule has 0 spiro atoms. The lowest BCUT2D eigenvalue weighted by Crippen LogP contribution is -2.24. The van der Waals surface area contributed by atoms with Crippen molar-refractivity contribution < 1.29 is 0 Å². The van der Waals surface area contributed by atoms with E-state index in [9.17, 15) is 4.79 Å². The number of halogens is 1. The van der Waals surface area contributed by atoms with Crippen molar-refractivity contribution in [2.24, 2.45) is 0 Å². The van der Waals surface area contributed by atoms with E-state index in [-0.39, 0.29) is 5.56 Å². The summed E-state index contributed by atoms with van der Waals surface area (Å²) in [6.45, 7) is 6.28. The van der Waals surface area contributed by atoms with Crippen molar-refractivity contribution in [3.63, 3.8) is 0 Å². The molecule has 6 nitrogen and oxygen atoms in total. The van der Waals surface area contributed by atoms with Crippen LogP contribution in [0.1, 0.15) is 22.5 Å². The van der Waals surface area contributed by atoms with Crippen LogP contribution < -0.4 is 5.56 Å². The first kappa shape index (κ1) is 21.5. The molecule has 0 unspecified atom stereocenters. The average Bonchev–Trinajstić information content (AvgIpc) is 3.13. The molecule has 0 N–H and O–H groups in total. The zero-order chi connectivity index (χ0) is 24.3. The van der Waals surface area contributed by atoms with Crippen molar-refractivity contribution in [2.75, 3.05) is 0 Å². The molecule has 3 aromatic heterocycles. The van der Waals surface area contributed by atoms with E-state index >= 15 is 0 Å². The zero-order valence-electron chi connectivity index (χ0n) is 19.6. The number of aromatic nitrogens is 5. The van der Waals surface area contributed by atoms with Gasteiger partial charge in [0.25, 0.3) is 5.56 Å². The molecule has 0 saturated carbocycles. The first-order valence-electron chi connectivity index (χ1n) is 11.4. The molecule has 0 fully saturated rings. The molecule has 6 aromatic rings. The van der Waals surface area contributed by atoms with Crippen LogP contribution in [0.3, 0.4) is 0 Å². The first-order valence-corrected chi connectivity index (χ1v) is 11.8. The molecule has 0 aliphatic heterocycles. The summed E-state index contributed by atoms with van der Waals surface area (Å²) in [7, 11) is 0. The van der Waals surface area contributed by atoms with E-state index in [2.05, 4.69) is 32.0 Å². The Hall–Kier alpha value is -4.03. The van der Waals surface area contributed by atoms with E-state index in [0.29, 0.717) is 39.6 Å². The lowest BCUT2D eigenvalue weighted by atomic mass is 10.1. The van der Waals surface area contributed by atoms with E-state index in [4.69, 9.17) is 26.6 Å². The van der Waals surface area contributed by atoms with Gasteiger partial charge in [0.1, 0.15) is 16.7 Å². The molecule has 3 aromatic carbocycles. The maximum absolute atomic E-state index is 14.0. The normalized spacial score (nSPS) is 11.7. The average molecular weight is 480 g/mol. The summed E-state index contributed by atoms with van der Waals surface area (Å²) in [5.41, 5.74) is 7.05. The van der Waals surface area contributed by atoms with Crippen LogP contribution in [0.4, 0.5) is 0 Å². The van der Waals surface area contributed by atoms with E-state index in [0.717, 1.165) is 33.4 Å². The number of nitrogens with zero attached hydrogens (tertiary/aromatic N) is 5. The fourth-order valence-electron chi connectivity index (χ4n) is 4.74. The molecule has 3 heterocycles. The number of fused-ring (bicyclic) bond motifs is 4. The van der Waals surface area contributed by atoms with Gasteiger partial charge in [-0.05, 0) is 67.8 Å². The number of para-hydroxylation sites is 2. The van der Waals surface area contributed by atoms with Gasteiger partial charge >= 0.3 is 0 Å². The molecule has 0 radical (unpaired) electrons. The van der Waals surface area contributed by atoms with Gasteiger partial charge in [-0.1, -0.05) is 48.0 Å². The Morgan fingerprint density at radius 1 is 0.800 bits per heavy atom. The Kier molecular flexibility index (Phi) is 4.93. The highest BCUT2D eigenvalue weighted by atomic mass is 35.5. The van der Waals surface area contributed by atoms with Crippen LogP contribution in [0, 0.1) is 20.8 Å². The molecule has 0 atom stereocenters. The zero-order valence-corrected chi connectivity index (χ0v) is 20.3. The maximum atomic E-state index is 14.0. The maximum Gasteiger partial charge on any atom is 0.265 e. The fraction of sp³-hybridized carbons (Fsp3) is 0.143. The van der Waals surface area contributed by atoms with Crippen molar-refractivity contribution in [3.8, 4) is 5.69 Å². The molecular weight excluding hydrogens is 458 g/mol. The molecule has 0 aliphatic carbocycles. The SMILES string of the molecule is Cc1cc(C)cc(-n2c3nc4ccccc4nc3c3c(=O)n(Cc4ccccc4Cl)c(C)nc32)c1. The molecule has 0 bridgehead atoms. The van der Waals surface area contributed by atoms with Gasteiger partial charge in [-0.25, -0.2) is 15.0 Å². The van der Waals surface area contributed by atoms with Gasteiger partial charge in [-0.2, -0.15) is 0 Å². The monoisotopic (exact) mass is 479 g/mol. The minimum atomic E-state index is -0.162. The van der Waals surface area contributed by atoms with Gasteiger partial charge in [0.2, 0.25) is 0 Å². The largest absolute Gasteiger partial charge is 0.292 e. The van der Waals surface area contributed by atoms with E-state index in [1.165, 1.54) is 0 Å². The number of rotatable bonds is 3. The third kappa shape index (κ3) is 3.49. The van der Waals surface area contributed by atoms with Gasteiger partial charge in [-0.3, -0.25) is 13.9 Å². The molecule has 35 heavy (non-hydrogen) atoms.